The lowest BCUT2D eigenvalue weighted by Crippen LogP contribution is -2.58. The molecule has 39 heavy (non-hydrogen) atoms. The van der Waals surface area contributed by atoms with Crippen LogP contribution < -0.4 is 10.6 Å². The van der Waals surface area contributed by atoms with Crippen molar-refractivity contribution in [1.82, 2.24) is 20.5 Å². The van der Waals surface area contributed by atoms with Gasteiger partial charge in [-0.15, -0.1) is 11.3 Å². The van der Waals surface area contributed by atoms with E-state index >= 15 is 0 Å². The van der Waals surface area contributed by atoms with Crippen LogP contribution in [0.1, 0.15) is 78.6 Å². The molecule has 1 aromatic heterocycles. The van der Waals surface area contributed by atoms with Crippen molar-refractivity contribution in [1.29, 1.82) is 0 Å². The van der Waals surface area contributed by atoms with Gasteiger partial charge in [-0.1, -0.05) is 65.8 Å². The third-order valence-corrected chi connectivity index (χ3v) is 8.29. The number of aliphatic hydroxyl groups is 1. The van der Waals surface area contributed by atoms with Crippen molar-refractivity contribution in [3.05, 3.63) is 41.0 Å². The first-order chi connectivity index (χ1) is 18.2. The molecule has 1 saturated heterocycles. The van der Waals surface area contributed by atoms with Crippen molar-refractivity contribution in [2.45, 2.75) is 92.5 Å². The minimum Gasteiger partial charge on any atom is -0.391 e. The van der Waals surface area contributed by atoms with Crippen molar-refractivity contribution >= 4 is 29.1 Å². The van der Waals surface area contributed by atoms with E-state index in [0.29, 0.717) is 12.3 Å². The fraction of sp³-hybridized carbons (Fsp3) is 0.600. The molecule has 0 saturated carbocycles. The summed E-state index contributed by atoms with van der Waals surface area (Å²) in [5, 5.41) is 16.4. The summed E-state index contributed by atoms with van der Waals surface area (Å²) in [5.74, 6) is -0.726. The van der Waals surface area contributed by atoms with Crippen molar-refractivity contribution in [2.24, 2.45) is 17.3 Å². The number of carbonyl (C=O) groups is 3. The lowest BCUT2D eigenvalue weighted by molar-refractivity contribution is -0.144. The Kier molecular flexibility index (Phi) is 9.93. The Bertz CT molecular complexity index is 1150. The average molecular weight is 557 g/mol. The Balaban J connectivity index is 1.72. The number of amides is 3. The fourth-order valence-electron chi connectivity index (χ4n) is 5.11. The number of nitrogens with one attached hydrogen (secondary N) is 2. The minimum atomic E-state index is -0.819. The van der Waals surface area contributed by atoms with Gasteiger partial charge in [0, 0.05) is 18.9 Å². The number of carbonyl (C=O) groups excluding carboxylic acids is 3. The topological polar surface area (TPSA) is 112 Å². The van der Waals surface area contributed by atoms with Crippen molar-refractivity contribution < 1.29 is 19.5 Å². The predicted octanol–water partition coefficient (Wildman–Crippen LogP) is 4.47. The summed E-state index contributed by atoms with van der Waals surface area (Å²) in [6, 6.07) is 6.07. The molecular formula is C30H44N4O4S. The van der Waals surface area contributed by atoms with E-state index in [1.54, 1.807) is 11.3 Å². The van der Waals surface area contributed by atoms with E-state index in [0.717, 1.165) is 21.7 Å². The largest absolute Gasteiger partial charge is 0.391 e. The highest BCUT2D eigenvalue weighted by Crippen LogP contribution is 2.29. The third-order valence-electron chi connectivity index (χ3n) is 7.31. The van der Waals surface area contributed by atoms with Gasteiger partial charge in [-0.2, -0.15) is 0 Å². The van der Waals surface area contributed by atoms with E-state index in [4.69, 9.17) is 0 Å². The van der Waals surface area contributed by atoms with Gasteiger partial charge in [-0.3, -0.25) is 14.4 Å². The summed E-state index contributed by atoms with van der Waals surface area (Å²) in [5.41, 5.74) is 4.24. The number of thiazole rings is 1. The maximum Gasteiger partial charge on any atom is 0.246 e. The van der Waals surface area contributed by atoms with Crippen LogP contribution in [-0.2, 0) is 14.4 Å². The van der Waals surface area contributed by atoms with Gasteiger partial charge in [0.1, 0.15) is 12.1 Å². The SMILES string of the molecule is Cc1ncsc1-c1ccc(C(C)NC(=O)C2CC(O)CN2C(=O)C(NC(=O)C(C)CC(C)C)C(C)(C)C)cc1. The van der Waals surface area contributed by atoms with Crippen LogP contribution in [0.2, 0.25) is 0 Å². The molecular weight excluding hydrogens is 512 g/mol. The maximum atomic E-state index is 13.8. The molecule has 3 amide bonds. The second-order valence-corrected chi connectivity index (χ2v) is 13.2. The van der Waals surface area contributed by atoms with Gasteiger partial charge in [0.2, 0.25) is 17.7 Å². The smallest absolute Gasteiger partial charge is 0.246 e. The zero-order valence-electron chi connectivity index (χ0n) is 24.4. The highest BCUT2D eigenvalue weighted by Gasteiger charge is 2.45. The summed E-state index contributed by atoms with van der Waals surface area (Å²) < 4.78 is 0. The standard InChI is InChI=1S/C30H44N4O4S/c1-17(2)13-18(3)27(36)33-26(30(6,7)8)29(38)34-15-23(35)14-24(34)28(37)32-19(4)21-9-11-22(12-10-21)25-20(5)31-16-39-25/h9-12,16-19,23-24,26,35H,13-15H2,1-8H3,(H,32,37)(H,33,36). The normalized spacial score (nSPS) is 20.0. The van der Waals surface area contributed by atoms with Crippen LogP contribution in [0.3, 0.4) is 0 Å². The first-order valence-electron chi connectivity index (χ1n) is 13.8. The predicted molar refractivity (Wildman–Crippen MR) is 155 cm³/mol. The Hall–Kier alpha value is -2.78. The van der Waals surface area contributed by atoms with E-state index in [1.165, 1.54) is 4.90 Å². The van der Waals surface area contributed by atoms with Crippen molar-refractivity contribution in [3.63, 3.8) is 0 Å². The molecule has 0 spiro atoms. The summed E-state index contributed by atoms with van der Waals surface area (Å²) in [6.45, 7) is 15.6. The van der Waals surface area contributed by atoms with Crippen LogP contribution in [0.25, 0.3) is 10.4 Å². The molecule has 1 aromatic carbocycles. The van der Waals surface area contributed by atoms with Gasteiger partial charge in [0.05, 0.1) is 28.2 Å². The van der Waals surface area contributed by atoms with E-state index in [2.05, 4.69) is 29.5 Å². The molecule has 5 unspecified atom stereocenters. The molecule has 0 aliphatic carbocycles. The van der Waals surface area contributed by atoms with Gasteiger partial charge < -0.3 is 20.6 Å². The first-order valence-corrected chi connectivity index (χ1v) is 14.7. The summed E-state index contributed by atoms with van der Waals surface area (Å²) in [4.78, 5) is 47.0. The number of likely N-dealkylation sites (tertiary alicyclic amines) is 1. The zero-order valence-corrected chi connectivity index (χ0v) is 25.3. The molecule has 1 fully saturated rings. The second-order valence-electron chi connectivity index (χ2n) is 12.4. The van der Waals surface area contributed by atoms with Crippen molar-refractivity contribution in [3.8, 4) is 10.4 Å². The van der Waals surface area contributed by atoms with E-state index in [1.807, 2.05) is 71.3 Å². The number of rotatable bonds is 9. The van der Waals surface area contributed by atoms with Gasteiger partial charge in [0.25, 0.3) is 0 Å². The highest BCUT2D eigenvalue weighted by atomic mass is 32.1. The molecule has 3 rings (SSSR count). The highest BCUT2D eigenvalue weighted by molar-refractivity contribution is 7.13. The quantitative estimate of drug-likeness (QED) is 0.422. The molecule has 3 N–H and O–H groups in total. The molecule has 2 aromatic rings. The van der Waals surface area contributed by atoms with E-state index in [-0.39, 0.29) is 42.6 Å². The van der Waals surface area contributed by atoms with Crippen LogP contribution in [0.4, 0.5) is 0 Å². The molecule has 5 atom stereocenters. The number of hydrogen-bond donors (Lipinski definition) is 3. The Morgan fingerprint density at radius 2 is 1.74 bits per heavy atom. The monoisotopic (exact) mass is 556 g/mol. The van der Waals surface area contributed by atoms with Crippen LogP contribution in [0, 0.1) is 24.2 Å². The average Bonchev–Trinajstić information content (AvgIpc) is 3.46. The molecule has 0 bridgehead atoms. The number of hydrogen-bond acceptors (Lipinski definition) is 6. The van der Waals surface area contributed by atoms with Gasteiger partial charge in [-0.25, -0.2) is 4.98 Å². The first kappa shape index (κ1) is 30.8. The molecule has 8 nitrogen and oxygen atoms in total. The summed E-state index contributed by atoms with van der Waals surface area (Å²) in [6.07, 6.45) is 0.0632. The minimum absolute atomic E-state index is 0.0538. The zero-order chi connectivity index (χ0) is 29.1. The van der Waals surface area contributed by atoms with Gasteiger partial charge in [0.15, 0.2) is 0 Å². The van der Waals surface area contributed by atoms with Crippen LogP contribution >= 0.6 is 11.3 Å². The number of aliphatic hydroxyl groups excluding tert-OH is 1. The molecule has 2 heterocycles. The number of benzene rings is 1. The van der Waals surface area contributed by atoms with Crippen LogP contribution in [-0.4, -0.2) is 57.4 Å². The van der Waals surface area contributed by atoms with Crippen LogP contribution in [0.15, 0.2) is 29.8 Å². The summed E-state index contributed by atoms with van der Waals surface area (Å²) in [7, 11) is 0. The van der Waals surface area contributed by atoms with E-state index < -0.39 is 23.6 Å². The lowest BCUT2D eigenvalue weighted by atomic mass is 9.85. The number of aryl methyl sites for hydroxylation is 1. The Labute approximate surface area is 236 Å². The fourth-order valence-corrected chi connectivity index (χ4v) is 5.93. The number of nitrogens with zero attached hydrogens (tertiary/aromatic N) is 2. The summed E-state index contributed by atoms with van der Waals surface area (Å²) >= 11 is 1.59. The Morgan fingerprint density at radius 1 is 1.10 bits per heavy atom. The maximum absolute atomic E-state index is 13.8. The molecule has 9 heteroatoms. The van der Waals surface area contributed by atoms with E-state index in [9.17, 15) is 19.5 Å². The van der Waals surface area contributed by atoms with Gasteiger partial charge >= 0.3 is 0 Å². The second kappa shape index (κ2) is 12.6. The lowest BCUT2D eigenvalue weighted by Gasteiger charge is -2.36. The number of β-amino-alcohol motifs (C(OH)–C–C–N with tert-alkyl or cyclic N) is 1. The Morgan fingerprint density at radius 3 is 2.28 bits per heavy atom. The molecule has 0 radical (unpaired) electrons. The van der Waals surface area contributed by atoms with Crippen LogP contribution in [0.5, 0.6) is 0 Å². The molecule has 214 valence electrons. The molecule has 1 aliphatic heterocycles. The number of aromatic nitrogens is 1. The van der Waals surface area contributed by atoms with Crippen molar-refractivity contribution in [2.75, 3.05) is 6.54 Å². The third kappa shape index (κ3) is 7.66. The molecule has 1 aliphatic rings. The van der Waals surface area contributed by atoms with Gasteiger partial charge in [-0.05, 0) is 42.7 Å².